The first-order valence-corrected chi connectivity index (χ1v) is 10.4. The van der Waals surface area contributed by atoms with Crippen LogP contribution in [-0.2, 0) is 11.2 Å². The van der Waals surface area contributed by atoms with E-state index in [1.54, 1.807) is 13.1 Å². The van der Waals surface area contributed by atoms with Crippen LogP contribution in [0, 0.1) is 0 Å². The van der Waals surface area contributed by atoms with Crippen molar-refractivity contribution in [1.29, 1.82) is 0 Å². The van der Waals surface area contributed by atoms with E-state index in [9.17, 15) is 9.59 Å². The lowest BCUT2D eigenvalue weighted by Crippen LogP contribution is -2.49. The Morgan fingerprint density at radius 3 is 2.74 bits per heavy atom. The van der Waals surface area contributed by atoms with E-state index < -0.39 is 11.9 Å². The quantitative estimate of drug-likeness (QED) is 0.707. The SMILES string of the molecule is CN1C(=O)[C@@H](NC(=O)c2nc3n(n2)[C@@H](c2ccccc2)CCC3)COc2ccccc21. The van der Waals surface area contributed by atoms with Gasteiger partial charge < -0.3 is 15.0 Å². The molecule has 5 rings (SSSR count). The molecule has 0 saturated heterocycles. The molecule has 31 heavy (non-hydrogen) atoms. The molecule has 158 valence electrons. The highest BCUT2D eigenvalue weighted by molar-refractivity contribution is 6.02. The Bertz CT molecular complexity index is 1130. The van der Waals surface area contributed by atoms with Crippen molar-refractivity contribution in [1.82, 2.24) is 20.1 Å². The number of hydrogen-bond acceptors (Lipinski definition) is 5. The second-order valence-corrected chi connectivity index (χ2v) is 7.82. The fraction of sp³-hybridized carbons (Fsp3) is 0.304. The lowest BCUT2D eigenvalue weighted by atomic mass is 9.98. The lowest BCUT2D eigenvalue weighted by molar-refractivity contribution is -0.120. The van der Waals surface area contributed by atoms with Gasteiger partial charge in [0, 0.05) is 13.5 Å². The maximum absolute atomic E-state index is 12.9. The number of benzene rings is 2. The van der Waals surface area contributed by atoms with E-state index in [-0.39, 0.29) is 24.4 Å². The van der Waals surface area contributed by atoms with Gasteiger partial charge in [0.2, 0.25) is 5.82 Å². The number of carbonyl (C=O) groups is 2. The third-order valence-electron chi connectivity index (χ3n) is 5.83. The maximum Gasteiger partial charge on any atom is 0.291 e. The molecule has 2 aliphatic rings. The van der Waals surface area contributed by atoms with Crippen molar-refractivity contribution in [2.45, 2.75) is 31.3 Å². The van der Waals surface area contributed by atoms with Crippen molar-refractivity contribution in [3.05, 3.63) is 71.8 Å². The number of likely N-dealkylation sites (N-methyl/N-ethyl adjacent to an activating group) is 1. The number of rotatable bonds is 3. The summed E-state index contributed by atoms with van der Waals surface area (Å²) in [5.41, 5.74) is 1.82. The molecule has 3 aromatic rings. The number of ether oxygens (including phenoxy) is 1. The van der Waals surface area contributed by atoms with Crippen molar-refractivity contribution < 1.29 is 14.3 Å². The highest BCUT2D eigenvalue weighted by Gasteiger charge is 2.32. The van der Waals surface area contributed by atoms with Gasteiger partial charge in [0.15, 0.2) is 0 Å². The average Bonchev–Trinajstić information content (AvgIpc) is 3.22. The summed E-state index contributed by atoms with van der Waals surface area (Å²) in [6, 6.07) is 16.6. The summed E-state index contributed by atoms with van der Waals surface area (Å²) in [6.45, 7) is 0.0478. The van der Waals surface area contributed by atoms with Crippen LogP contribution in [0.15, 0.2) is 54.6 Å². The van der Waals surface area contributed by atoms with Gasteiger partial charge in [-0.05, 0) is 30.5 Å². The number of amides is 2. The minimum atomic E-state index is -0.824. The summed E-state index contributed by atoms with van der Waals surface area (Å²) in [4.78, 5) is 31.8. The Hall–Kier alpha value is -3.68. The van der Waals surface area contributed by atoms with Crippen LogP contribution in [0.2, 0.25) is 0 Å². The zero-order valence-electron chi connectivity index (χ0n) is 17.2. The molecule has 0 radical (unpaired) electrons. The van der Waals surface area contributed by atoms with Crippen molar-refractivity contribution in [2.75, 3.05) is 18.6 Å². The molecule has 1 N–H and O–H groups in total. The molecule has 2 atom stereocenters. The Kier molecular flexibility index (Phi) is 4.89. The highest BCUT2D eigenvalue weighted by Crippen LogP contribution is 2.31. The number of aryl methyl sites for hydroxylation is 1. The molecule has 2 aliphatic heterocycles. The first-order valence-electron chi connectivity index (χ1n) is 10.4. The smallest absolute Gasteiger partial charge is 0.291 e. The summed E-state index contributed by atoms with van der Waals surface area (Å²) >= 11 is 0. The number of nitrogens with zero attached hydrogens (tertiary/aromatic N) is 4. The van der Waals surface area contributed by atoms with Crippen molar-refractivity contribution >= 4 is 17.5 Å². The van der Waals surface area contributed by atoms with Gasteiger partial charge in [-0.15, -0.1) is 5.10 Å². The van der Waals surface area contributed by atoms with Crippen molar-refractivity contribution in [3.8, 4) is 5.75 Å². The van der Waals surface area contributed by atoms with Crippen LogP contribution in [0.1, 0.15) is 40.9 Å². The second kappa shape index (κ2) is 7.86. The molecule has 3 heterocycles. The molecule has 0 aliphatic carbocycles. The van der Waals surface area contributed by atoms with Crippen LogP contribution in [0.5, 0.6) is 5.75 Å². The summed E-state index contributed by atoms with van der Waals surface area (Å²) in [5.74, 6) is 0.754. The van der Waals surface area contributed by atoms with Crippen molar-refractivity contribution in [2.24, 2.45) is 0 Å². The lowest BCUT2D eigenvalue weighted by Gasteiger charge is -2.23. The van der Waals surface area contributed by atoms with E-state index in [1.807, 2.05) is 41.1 Å². The van der Waals surface area contributed by atoms with Gasteiger partial charge >= 0.3 is 0 Å². The van der Waals surface area contributed by atoms with E-state index in [2.05, 4.69) is 27.5 Å². The number of hydrogen-bond donors (Lipinski definition) is 1. The molecule has 2 amide bonds. The van der Waals surface area contributed by atoms with E-state index in [0.29, 0.717) is 11.4 Å². The topological polar surface area (TPSA) is 89.4 Å². The zero-order chi connectivity index (χ0) is 21.4. The van der Waals surface area contributed by atoms with Crippen LogP contribution >= 0.6 is 0 Å². The van der Waals surface area contributed by atoms with E-state index in [0.717, 1.165) is 30.7 Å². The van der Waals surface area contributed by atoms with Crippen LogP contribution in [0.3, 0.4) is 0 Å². The van der Waals surface area contributed by atoms with Crippen LogP contribution in [-0.4, -0.2) is 46.3 Å². The van der Waals surface area contributed by atoms with E-state index in [4.69, 9.17) is 4.74 Å². The number of para-hydroxylation sites is 2. The van der Waals surface area contributed by atoms with Gasteiger partial charge in [0.1, 0.15) is 24.2 Å². The Labute approximate surface area is 179 Å². The normalized spacial score (nSPS) is 20.3. The maximum atomic E-state index is 12.9. The van der Waals surface area contributed by atoms with Crippen LogP contribution in [0.25, 0.3) is 0 Å². The first kappa shape index (κ1) is 19.3. The summed E-state index contributed by atoms with van der Waals surface area (Å²) in [7, 11) is 1.67. The van der Waals surface area contributed by atoms with Crippen LogP contribution in [0.4, 0.5) is 5.69 Å². The number of nitrogens with one attached hydrogen (secondary N) is 1. The molecule has 0 spiro atoms. The molecule has 1 aromatic heterocycles. The molecule has 8 heteroatoms. The molecule has 2 aromatic carbocycles. The summed E-state index contributed by atoms with van der Waals surface area (Å²) < 4.78 is 7.62. The Morgan fingerprint density at radius 2 is 1.90 bits per heavy atom. The first-order chi connectivity index (χ1) is 15.1. The van der Waals surface area contributed by atoms with Crippen molar-refractivity contribution in [3.63, 3.8) is 0 Å². The average molecular weight is 417 g/mol. The number of aromatic nitrogens is 3. The molecule has 8 nitrogen and oxygen atoms in total. The number of carbonyl (C=O) groups excluding carboxylic acids is 2. The predicted molar refractivity (Wildman–Crippen MR) is 114 cm³/mol. The van der Waals surface area contributed by atoms with Gasteiger partial charge in [-0.1, -0.05) is 42.5 Å². The Morgan fingerprint density at radius 1 is 1.13 bits per heavy atom. The fourth-order valence-electron chi connectivity index (χ4n) is 4.21. The third kappa shape index (κ3) is 3.54. The molecular weight excluding hydrogens is 394 g/mol. The zero-order valence-corrected chi connectivity index (χ0v) is 17.2. The molecule has 0 bridgehead atoms. The second-order valence-electron chi connectivity index (χ2n) is 7.82. The van der Waals surface area contributed by atoms with Crippen LogP contribution < -0.4 is 15.0 Å². The number of fused-ring (bicyclic) bond motifs is 2. The van der Waals surface area contributed by atoms with Gasteiger partial charge in [-0.2, -0.15) is 0 Å². The fourth-order valence-corrected chi connectivity index (χ4v) is 4.21. The Balaban J connectivity index is 1.36. The molecule has 0 unspecified atom stereocenters. The summed E-state index contributed by atoms with van der Waals surface area (Å²) in [5, 5.41) is 7.27. The third-order valence-corrected chi connectivity index (χ3v) is 5.83. The molecule has 0 saturated carbocycles. The molecular formula is C23H23N5O3. The summed E-state index contributed by atoms with van der Waals surface area (Å²) in [6.07, 6.45) is 2.70. The van der Waals surface area contributed by atoms with Gasteiger partial charge in [-0.25, -0.2) is 9.67 Å². The minimum absolute atomic E-state index is 0.0478. The van der Waals surface area contributed by atoms with Gasteiger partial charge in [0.05, 0.1) is 11.7 Å². The largest absolute Gasteiger partial charge is 0.489 e. The van der Waals surface area contributed by atoms with E-state index in [1.165, 1.54) is 4.90 Å². The standard InChI is InChI=1S/C23H23N5O3/c1-27-18-10-5-6-12-19(18)31-14-16(23(27)30)24-22(29)21-25-20-13-7-11-17(28(20)26-21)15-8-3-2-4-9-15/h2-6,8-10,12,16-17H,7,11,13-14H2,1H3,(H,24,29)/t16-,17+/m0/s1. The highest BCUT2D eigenvalue weighted by atomic mass is 16.5. The van der Waals surface area contributed by atoms with Gasteiger partial charge in [0.25, 0.3) is 11.8 Å². The van der Waals surface area contributed by atoms with E-state index >= 15 is 0 Å². The number of anilines is 1. The molecule has 0 fully saturated rings. The monoisotopic (exact) mass is 417 g/mol. The predicted octanol–water partition coefficient (Wildman–Crippen LogP) is 2.36. The minimum Gasteiger partial charge on any atom is -0.489 e. The van der Waals surface area contributed by atoms with Gasteiger partial charge in [-0.3, -0.25) is 9.59 Å².